The predicted molar refractivity (Wildman–Crippen MR) is 123 cm³/mol. The molecule has 0 heterocycles. The van der Waals surface area contributed by atoms with Crippen molar-refractivity contribution < 1.29 is 0 Å². The molecule has 27 heavy (non-hydrogen) atoms. The van der Waals surface area contributed by atoms with Gasteiger partial charge in [-0.2, -0.15) is 0 Å². The molecule has 0 saturated carbocycles. The fourth-order valence-corrected chi connectivity index (χ4v) is 3.91. The van der Waals surface area contributed by atoms with Crippen molar-refractivity contribution in [3.05, 3.63) is 42.5 Å². The molecule has 2 aromatic carbocycles. The number of anilines is 1. The third-order valence-electron chi connectivity index (χ3n) is 5.66. The zero-order chi connectivity index (χ0) is 19.2. The van der Waals surface area contributed by atoms with Crippen LogP contribution in [0.25, 0.3) is 10.8 Å². The summed E-state index contributed by atoms with van der Waals surface area (Å²) in [5.74, 6) is 0. The largest absolute Gasteiger partial charge is 0.372 e. The highest BCUT2D eigenvalue weighted by Gasteiger charge is 2.07. The summed E-state index contributed by atoms with van der Waals surface area (Å²) >= 11 is 0. The molecule has 0 spiro atoms. The molecule has 0 radical (unpaired) electrons. The second-order valence-corrected chi connectivity index (χ2v) is 8.05. The topological polar surface area (TPSA) is 3.24 Å². The summed E-state index contributed by atoms with van der Waals surface area (Å²) in [6.45, 7) is 7.00. The fourth-order valence-electron chi connectivity index (χ4n) is 3.91. The minimum absolute atomic E-state index is 1.21. The number of nitrogens with zero attached hydrogens (tertiary/aromatic N) is 1. The lowest BCUT2D eigenvalue weighted by atomic mass is 10.1. The van der Waals surface area contributed by atoms with Crippen LogP contribution in [0.5, 0.6) is 0 Å². The van der Waals surface area contributed by atoms with Gasteiger partial charge in [0.25, 0.3) is 0 Å². The smallest absolute Gasteiger partial charge is 0.0372 e. The van der Waals surface area contributed by atoms with Crippen LogP contribution in [0, 0.1) is 0 Å². The van der Waals surface area contributed by atoms with Gasteiger partial charge in [-0.25, -0.2) is 0 Å². The molecule has 0 aliphatic carbocycles. The second-order valence-electron chi connectivity index (χ2n) is 8.05. The Morgan fingerprint density at radius 3 is 1.67 bits per heavy atom. The monoisotopic (exact) mass is 367 g/mol. The van der Waals surface area contributed by atoms with Gasteiger partial charge in [-0.15, -0.1) is 0 Å². The summed E-state index contributed by atoms with van der Waals surface area (Å²) < 4.78 is 0. The molecule has 0 fully saturated rings. The standard InChI is InChI=1S/C26H41N/c1-3-5-7-9-11-15-21-27(22-16-12-10-8-6-4-2)26-20-19-24-17-13-14-18-25(24)23-26/h13-14,17-20,23H,3-12,15-16,21-22H2,1-2H3. The maximum absolute atomic E-state index is 2.64. The van der Waals surface area contributed by atoms with Crippen molar-refractivity contribution in [1.29, 1.82) is 0 Å². The summed E-state index contributed by atoms with van der Waals surface area (Å²) in [7, 11) is 0. The zero-order valence-corrected chi connectivity index (χ0v) is 17.9. The molecule has 0 bridgehead atoms. The van der Waals surface area contributed by atoms with Crippen LogP contribution in [0.3, 0.4) is 0 Å². The minimum Gasteiger partial charge on any atom is -0.372 e. The van der Waals surface area contributed by atoms with Crippen LogP contribution in [-0.2, 0) is 0 Å². The molecule has 2 rings (SSSR count). The molecule has 0 N–H and O–H groups in total. The summed E-state index contributed by atoms with van der Waals surface area (Å²) in [5, 5.41) is 2.71. The Balaban J connectivity index is 1.88. The van der Waals surface area contributed by atoms with Crippen molar-refractivity contribution in [3.63, 3.8) is 0 Å². The lowest BCUT2D eigenvalue weighted by Crippen LogP contribution is -2.25. The molecule has 0 aliphatic rings. The molecule has 0 amide bonds. The third kappa shape index (κ3) is 8.37. The van der Waals surface area contributed by atoms with E-state index in [2.05, 4.69) is 61.2 Å². The first-order valence-corrected chi connectivity index (χ1v) is 11.6. The summed E-state index contributed by atoms with van der Waals surface area (Å²) in [6, 6.07) is 15.8. The molecule has 0 aliphatic heterocycles. The molecule has 0 atom stereocenters. The van der Waals surface area contributed by atoms with Gasteiger partial charge in [-0.3, -0.25) is 0 Å². The van der Waals surface area contributed by atoms with E-state index < -0.39 is 0 Å². The van der Waals surface area contributed by atoms with Crippen molar-refractivity contribution in [2.75, 3.05) is 18.0 Å². The maximum atomic E-state index is 2.64. The Morgan fingerprint density at radius 1 is 0.556 bits per heavy atom. The van der Waals surface area contributed by atoms with Gasteiger partial charge in [0.05, 0.1) is 0 Å². The van der Waals surface area contributed by atoms with E-state index >= 15 is 0 Å². The number of rotatable bonds is 15. The first-order valence-electron chi connectivity index (χ1n) is 11.6. The molecule has 0 aromatic heterocycles. The average molecular weight is 368 g/mol. The first-order chi connectivity index (χ1) is 13.3. The van der Waals surface area contributed by atoms with Crippen molar-refractivity contribution in [2.24, 2.45) is 0 Å². The van der Waals surface area contributed by atoms with Gasteiger partial charge in [-0.05, 0) is 35.7 Å². The Bertz CT molecular complexity index is 602. The van der Waals surface area contributed by atoms with Crippen LogP contribution in [0.2, 0.25) is 0 Å². The quantitative estimate of drug-likeness (QED) is 0.286. The van der Waals surface area contributed by atoms with Gasteiger partial charge in [0.15, 0.2) is 0 Å². The first kappa shape index (κ1) is 21.8. The maximum Gasteiger partial charge on any atom is 0.0372 e. The highest BCUT2D eigenvalue weighted by molar-refractivity contribution is 5.85. The lowest BCUT2D eigenvalue weighted by molar-refractivity contribution is 0.575. The molecule has 150 valence electrons. The van der Waals surface area contributed by atoms with E-state index in [1.165, 1.54) is 107 Å². The number of benzene rings is 2. The Hall–Kier alpha value is -1.50. The van der Waals surface area contributed by atoms with Crippen LogP contribution in [-0.4, -0.2) is 13.1 Å². The predicted octanol–water partition coefficient (Wildman–Crippen LogP) is 8.37. The molecular formula is C26H41N. The van der Waals surface area contributed by atoms with Crippen LogP contribution in [0.1, 0.15) is 90.9 Å². The SMILES string of the molecule is CCCCCCCCN(CCCCCCCC)c1ccc2ccccc2c1. The highest BCUT2D eigenvalue weighted by atomic mass is 15.1. The number of hydrogen-bond acceptors (Lipinski definition) is 1. The average Bonchev–Trinajstić information content (AvgIpc) is 2.71. The molecule has 1 heteroatoms. The van der Waals surface area contributed by atoms with Crippen molar-refractivity contribution >= 4 is 16.5 Å². The van der Waals surface area contributed by atoms with Gasteiger partial charge < -0.3 is 4.90 Å². The van der Waals surface area contributed by atoms with E-state index in [1.807, 2.05) is 0 Å². The highest BCUT2D eigenvalue weighted by Crippen LogP contribution is 2.23. The number of fused-ring (bicyclic) bond motifs is 1. The van der Waals surface area contributed by atoms with Crippen molar-refractivity contribution in [3.8, 4) is 0 Å². The van der Waals surface area contributed by atoms with Crippen molar-refractivity contribution in [1.82, 2.24) is 0 Å². The van der Waals surface area contributed by atoms with Crippen LogP contribution in [0.15, 0.2) is 42.5 Å². The molecule has 0 saturated heterocycles. The van der Waals surface area contributed by atoms with Gasteiger partial charge in [-0.1, -0.05) is 108 Å². The van der Waals surface area contributed by atoms with Crippen molar-refractivity contribution in [2.45, 2.75) is 90.9 Å². The van der Waals surface area contributed by atoms with E-state index in [0.29, 0.717) is 0 Å². The Kier molecular flexibility index (Phi) is 11.0. The fraction of sp³-hybridized carbons (Fsp3) is 0.615. The lowest BCUT2D eigenvalue weighted by Gasteiger charge is -2.25. The third-order valence-corrected chi connectivity index (χ3v) is 5.66. The van der Waals surface area contributed by atoms with E-state index in [-0.39, 0.29) is 0 Å². The molecular weight excluding hydrogens is 326 g/mol. The van der Waals surface area contributed by atoms with Gasteiger partial charge in [0, 0.05) is 18.8 Å². The van der Waals surface area contributed by atoms with Crippen LogP contribution < -0.4 is 4.90 Å². The van der Waals surface area contributed by atoms with Gasteiger partial charge in [0.1, 0.15) is 0 Å². The van der Waals surface area contributed by atoms with Crippen LogP contribution in [0.4, 0.5) is 5.69 Å². The van der Waals surface area contributed by atoms with E-state index in [0.717, 1.165) is 0 Å². The molecule has 1 nitrogen and oxygen atoms in total. The molecule has 2 aromatic rings. The minimum atomic E-state index is 1.21. The zero-order valence-electron chi connectivity index (χ0n) is 17.9. The summed E-state index contributed by atoms with van der Waals surface area (Å²) in [6.07, 6.45) is 16.5. The second kappa shape index (κ2) is 13.6. The van der Waals surface area contributed by atoms with E-state index in [9.17, 15) is 0 Å². The van der Waals surface area contributed by atoms with E-state index in [4.69, 9.17) is 0 Å². The van der Waals surface area contributed by atoms with Gasteiger partial charge >= 0.3 is 0 Å². The number of hydrogen-bond donors (Lipinski definition) is 0. The summed E-state index contributed by atoms with van der Waals surface area (Å²) in [5.41, 5.74) is 1.41. The Labute approximate surface area is 168 Å². The van der Waals surface area contributed by atoms with Gasteiger partial charge in [0.2, 0.25) is 0 Å². The van der Waals surface area contributed by atoms with Crippen LogP contribution >= 0.6 is 0 Å². The summed E-state index contributed by atoms with van der Waals surface area (Å²) in [4.78, 5) is 2.64. The molecule has 0 unspecified atom stereocenters. The number of unbranched alkanes of at least 4 members (excludes halogenated alkanes) is 10. The normalized spacial score (nSPS) is 11.2. The van der Waals surface area contributed by atoms with E-state index in [1.54, 1.807) is 0 Å². The Morgan fingerprint density at radius 2 is 1.07 bits per heavy atom.